The Labute approximate surface area is 95.8 Å². The lowest BCUT2D eigenvalue weighted by Gasteiger charge is -2.04. The molecule has 0 fully saturated rings. The van der Waals surface area contributed by atoms with Crippen LogP contribution in [-0.4, -0.2) is 5.71 Å². The highest BCUT2D eigenvalue weighted by Crippen LogP contribution is 2.19. The van der Waals surface area contributed by atoms with Gasteiger partial charge in [0.25, 0.3) is 0 Å². The van der Waals surface area contributed by atoms with Gasteiger partial charge in [-0.3, -0.25) is 5.43 Å². The van der Waals surface area contributed by atoms with Crippen molar-refractivity contribution in [1.29, 1.82) is 10.5 Å². The van der Waals surface area contributed by atoms with Crippen LogP contribution in [0.15, 0.2) is 17.2 Å². The molecule has 0 unspecified atom stereocenters. The molecule has 0 saturated heterocycles. The number of anilines is 1. The number of nitrogens with zero attached hydrogens (tertiary/aromatic N) is 3. The predicted molar refractivity (Wildman–Crippen MR) is 56.6 cm³/mol. The molecule has 17 heavy (non-hydrogen) atoms. The third-order valence-electron chi connectivity index (χ3n) is 1.72. The van der Waals surface area contributed by atoms with E-state index in [0.29, 0.717) is 0 Å². The highest BCUT2D eigenvalue weighted by atomic mass is 19.2. The van der Waals surface area contributed by atoms with Crippen molar-refractivity contribution in [2.45, 2.75) is 0 Å². The number of hydrogen-bond donors (Lipinski definition) is 1. The van der Waals surface area contributed by atoms with E-state index in [-0.39, 0.29) is 11.3 Å². The van der Waals surface area contributed by atoms with Crippen molar-refractivity contribution >= 4 is 11.4 Å². The van der Waals surface area contributed by atoms with E-state index >= 15 is 0 Å². The second kappa shape index (κ2) is 5.25. The van der Waals surface area contributed by atoms with Crippen LogP contribution < -0.4 is 5.43 Å². The Bertz CT molecular complexity index is 584. The van der Waals surface area contributed by atoms with Crippen LogP contribution in [0.1, 0.15) is 5.56 Å². The molecule has 0 aliphatic heterocycles. The minimum absolute atomic E-state index is 0.00519. The Balaban J connectivity index is 3.14. The fraction of sp³-hybridized carbons (Fsp3) is 0. The molecule has 0 heterocycles. The largest absolute Gasteiger partial charge is 0.275 e. The maximum absolute atomic E-state index is 12.9. The van der Waals surface area contributed by atoms with Gasteiger partial charge in [-0.05, 0) is 6.07 Å². The van der Waals surface area contributed by atoms with Gasteiger partial charge in [0.15, 0.2) is 11.6 Å². The molecule has 1 aromatic carbocycles. The zero-order valence-electron chi connectivity index (χ0n) is 8.33. The molecule has 0 aromatic heterocycles. The van der Waals surface area contributed by atoms with Crippen LogP contribution >= 0.6 is 0 Å². The Hall–Kier alpha value is -2.91. The zero-order valence-corrected chi connectivity index (χ0v) is 8.33. The number of nitrogens with one attached hydrogen (secondary N) is 1. The van der Waals surface area contributed by atoms with Gasteiger partial charge in [-0.1, -0.05) is 5.92 Å². The molecule has 0 aliphatic rings. The van der Waals surface area contributed by atoms with Gasteiger partial charge >= 0.3 is 0 Å². The molecule has 1 N–H and O–H groups in total. The molecule has 1 rings (SSSR count). The van der Waals surface area contributed by atoms with Crippen molar-refractivity contribution in [1.82, 2.24) is 0 Å². The summed E-state index contributed by atoms with van der Waals surface area (Å²) in [6.07, 6.45) is 5.08. The van der Waals surface area contributed by atoms with Crippen LogP contribution in [0, 0.1) is 46.6 Å². The van der Waals surface area contributed by atoms with Gasteiger partial charge < -0.3 is 0 Å². The minimum Gasteiger partial charge on any atom is -0.275 e. The second-order valence-electron chi connectivity index (χ2n) is 2.75. The number of terminal acetylenes is 1. The maximum atomic E-state index is 12.9. The first-order valence-corrected chi connectivity index (χ1v) is 4.22. The van der Waals surface area contributed by atoms with Crippen molar-refractivity contribution in [2.24, 2.45) is 5.10 Å². The summed E-state index contributed by atoms with van der Waals surface area (Å²) >= 11 is 0. The molecule has 6 heteroatoms. The normalized spacial score (nSPS) is 8.41. The van der Waals surface area contributed by atoms with Crippen molar-refractivity contribution in [3.63, 3.8) is 0 Å². The number of nitriles is 2. The van der Waals surface area contributed by atoms with Gasteiger partial charge in [-0.25, -0.2) is 8.78 Å². The molecule has 0 aliphatic carbocycles. The predicted octanol–water partition coefficient (Wildman–Crippen LogP) is 1.76. The topological polar surface area (TPSA) is 72.0 Å². The van der Waals surface area contributed by atoms with Gasteiger partial charge in [0.05, 0.1) is 11.3 Å². The van der Waals surface area contributed by atoms with Crippen LogP contribution in [0.4, 0.5) is 14.5 Å². The van der Waals surface area contributed by atoms with Gasteiger partial charge in [-0.2, -0.15) is 15.6 Å². The number of rotatable bonds is 2. The average Bonchev–Trinajstić information content (AvgIpc) is 2.34. The SMILES string of the molecule is C#Cc1cc(F)c(F)cc1NN=C(C#N)C#N. The molecular formula is C11H4F2N4. The molecule has 0 amide bonds. The number of benzene rings is 1. The molecule has 0 saturated carbocycles. The van der Waals surface area contributed by atoms with Gasteiger partial charge in [0.2, 0.25) is 5.71 Å². The van der Waals surface area contributed by atoms with Crippen molar-refractivity contribution in [3.05, 3.63) is 29.3 Å². The third-order valence-corrected chi connectivity index (χ3v) is 1.72. The Morgan fingerprint density at radius 1 is 1.24 bits per heavy atom. The molecule has 0 radical (unpaired) electrons. The summed E-state index contributed by atoms with van der Waals surface area (Å²) < 4.78 is 25.8. The standard InChI is InChI=1S/C11H4F2N4/c1-2-7-3-9(12)10(13)4-11(7)17-16-8(5-14)6-15/h1,3-4,17H. The quantitative estimate of drug-likeness (QED) is 0.478. The van der Waals surface area contributed by atoms with E-state index < -0.39 is 17.3 Å². The van der Waals surface area contributed by atoms with Crippen molar-refractivity contribution in [3.8, 4) is 24.5 Å². The van der Waals surface area contributed by atoms with E-state index in [1.165, 1.54) is 12.1 Å². The maximum Gasteiger partial charge on any atom is 0.237 e. The summed E-state index contributed by atoms with van der Waals surface area (Å²) in [6, 6.07) is 4.59. The van der Waals surface area contributed by atoms with Gasteiger partial charge in [-0.15, -0.1) is 6.42 Å². The number of halogens is 2. The molecule has 82 valence electrons. The van der Waals surface area contributed by atoms with E-state index in [9.17, 15) is 8.78 Å². The summed E-state index contributed by atoms with van der Waals surface area (Å²) in [6.45, 7) is 0. The molecule has 0 bridgehead atoms. The summed E-state index contributed by atoms with van der Waals surface area (Å²) in [5.74, 6) is -0.0842. The summed E-state index contributed by atoms with van der Waals surface area (Å²) in [4.78, 5) is 0. The molecule has 0 spiro atoms. The Morgan fingerprint density at radius 2 is 1.82 bits per heavy atom. The molecule has 4 nitrogen and oxygen atoms in total. The second-order valence-corrected chi connectivity index (χ2v) is 2.75. The van der Waals surface area contributed by atoms with Crippen LogP contribution in [0.2, 0.25) is 0 Å². The van der Waals surface area contributed by atoms with Crippen LogP contribution in [-0.2, 0) is 0 Å². The Morgan fingerprint density at radius 3 is 2.35 bits per heavy atom. The fourth-order valence-electron chi connectivity index (χ4n) is 0.950. The van der Waals surface area contributed by atoms with Crippen LogP contribution in [0.5, 0.6) is 0 Å². The lowest BCUT2D eigenvalue weighted by molar-refractivity contribution is 0.509. The summed E-state index contributed by atoms with van der Waals surface area (Å²) in [7, 11) is 0. The van der Waals surface area contributed by atoms with Gasteiger partial charge in [0, 0.05) is 6.07 Å². The summed E-state index contributed by atoms with van der Waals surface area (Å²) in [5, 5.41) is 20.2. The Kier molecular flexibility index (Phi) is 3.76. The highest BCUT2D eigenvalue weighted by molar-refractivity contribution is 6.10. The molecule has 1 aromatic rings. The van der Waals surface area contributed by atoms with Crippen molar-refractivity contribution < 1.29 is 8.78 Å². The fourth-order valence-corrected chi connectivity index (χ4v) is 0.950. The lowest BCUT2D eigenvalue weighted by atomic mass is 10.2. The number of hydrogen-bond acceptors (Lipinski definition) is 4. The first-order chi connectivity index (χ1) is 8.12. The average molecular weight is 230 g/mol. The first-order valence-electron chi connectivity index (χ1n) is 4.22. The number of hydrazone groups is 1. The van der Waals surface area contributed by atoms with E-state index in [1.54, 1.807) is 0 Å². The van der Waals surface area contributed by atoms with Crippen LogP contribution in [0.25, 0.3) is 0 Å². The molecular weight excluding hydrogens is 226 g/mol. The van der Waals surface area contributed by atoms with E-state index in [0.717, 1.165) is 12.1 Å². The first kappa shape index (κ1) is 12.2. The zero-order chi connectivity index (χ0) is 12.8. The molecule has 0 atom stereocenters. The van der Waals surface area contributed by atoms with E-state index in [1.807, 2.05) is 0 Å². The minimum atomic E-state index is -1.11. The van der Waals surface area contributed by atoms with Gasteiger partial charge in [0.1, 0.15) is 12.1 Å². The monoisotopic (exact) mass is 230 g/mol. The summed E-state index contributed by atoms with van der Waals surface area (Å²) in [5.41, 5.74) is 1.79. The lowest BCUT2D eigenvalue weighted by Crippen LogP contribution is -2.00. The third kappa shape index (κ3) is 2.77. The smallest absolute Gasteiger partial charge is 0.237 e. The van der Waals surface area contributed by atoms with E-state index in [4.69, 9.17) is 16.9 Å². The van der Waals surface area contributed by atoms with E-state index in [2.05, 4.69) is 16.4 Å². The van der Waals surface area contributed by atoms with Crippen LogP contribution in [0.3, 0.4) is 0 Å². The van der Waals surface area contributed by atoms with Crippen molar-refractivity contribution in [2.75, 3.05) is 5.43 Å². The highest BCUT2D eigenvalue weighted by Gasteiger charge is 2.08.